The summed E-state index contributed by atoms with van der Waals surface area (Å²) in [5.74, 6) is 0. The molecule has 0 saturated heterocycles. The summed E-state index contributed by atoms with van der Waals surface area (Å²) in [6, 6.07) is 2.13. The topological polar surface area (TPSA) is 49.6 Å². The lowest BCUT2D eigenvalue weighted by atomic mass is 10.2. The Morgan fingerprint density at radius 2 is 1.59 bits per heavy atom. The number of nitrogens with zero attached hydrogens (tertiary/aromatic N) is 3. The number of aromatic nitrogens is 2. The number of rotatable bonds is 0. The molecule has 0 aliphatic rings. The van der Waals surface area contributed by atoms with Crippen molar-refractivity contribution in [3.8, 4) is 6.07 Å². The molecule has 0 N–H and O–H groups in total. The summed E-state index contributed by atoms with van der Waals surface area (Å²) in [5, 5.41) is 14.8. The third kappa shape index (κ3) is 5.85. The van der Waals surface area contributed by atoms with E-state index in [9.17, 15) is 13.2 Å². The highest BCUT2D eigenvalue weighted by Crippen LogP contribution is 2.30. The third-order valence-corrected chi connectivity index (χ3v) is 1.33. The molecular formula is C11H16F3N3. The molecule has 0 aromatic carbocycles. The minimum atomic E-state index is -4.55. The zero-order valence-electron chi connectivity index (χ0n) is 10.6. The molecule has 0 aliphatic carbocycles. The van der Waals surface area contributed by atoms with Crippen LogP contribution in [0.3, 0.4) is 0 Å². The summed E-state index contributed by atoms with van der Waals surface area (Å²) < 4.78 is 36.6. The van der Waals surface area contributed by atoms with E-state index in [2.05, 4.69) is 10.2 Å². The van der Waals surface area contributed by atoms with Gasteiger partial charge in [-0.3, -0.25) is 0 Å². The van der Waals surface area contributed by atoms with Crippen LogP contribution in [-0.2, 0) is 6.18 Å². The molecule has 1 aromatic rings. The lowest BCUT2D eigenvalue weighted by Crippen LogP contribution is -2.10. The van der Waals surface area contributed by atoms with Gasteiger partial charge in [-0.25, -0.2) is 0 Å². The molecule has 96 valence electrons. The fourth-order valence-electron chi connectivity index (χ4n) is 0.788. The van der Waals surface area contributed by atoms with Gasteiger partial charge in [-0.05, 0) is 13.0 Å². The van der Waals surface area contributed by atoms with Crippen molar-refractivity contribution in [2.75, 3.05) is 0 Å². The minimum absolute atomic E-state index is 0.131. The van der Waals surface area contributed by atoms with Gasteiger partial charge in [0.1, 0.15) is 6.07 Å². The Morgan fingerprint density at radius 3 is 1.94 bits per heavy atom. The van der Waals surface area contributed by atoms with Crippen LogP contribution in [-0.4, -0.2) is 10.2 Å². The minimum Gasteiger partial charge on any atom is -0.191 e. The second-order valence-corrected chi connectivity index (χ2v) is 2.36. The molecule has 0 aliphatic heterocycles. The van der Waals surface area contributed by atoms with Crippen molar-refractivity contribution in [2.24, 2.45) is 0 Å². The molecule has 6 heteroatoms. The van der Waals surface area contributed by atoms with Gasteiger partial charge in [0, 0.05) is 0 Å². The summed E-state index contributed by atoms with van der Waals surface area (Å²) in [7, 11) is 0. The first kappa shape index (κ1) is 17.7. The molecule has 0 bridgehead atoms. The fourth-order valence-corrected chi connectivity index (χ4v) is 0.788. The van der Waals surface area contributed by atoms with Crippen LogP contribution in [0.1, 0.15) is 44.6 Å². The Morgan fingerprint density at radius 1 is 1.12 bits per heavy atom. The van der Waals surface area contributed by atoms with Crippen molar-refractivity contribution in [1.29, 1.82) is 5.26 Å². The van der Waals surface area contributed by atoms with Crippen LogP contribution in [0.25, 0.3) is 0 Å². The molecule has 1 aromatic heterocycles. The van der Waals surface area contributed by atoms with Crippen LogP contribution < -0.4 is 0 Å². The van der Waals surface area contributed by atoms with Crippen molar-refractivity contribution in [1.82, 2.24) is 10.2 Å². The quantitative estimate of drug-likeness (QED) is 0.701. The first-order chi connectivity index (χ1) is 7.95. The Labute approximate surface area is 99.3 Å². The number of aryl methyl sites for hydroxylation is 1. The molecular weight excluding hydrogens is 231 g/mol. The van der Waals surface area contributed by atoms with Gasteiger partial charge in [-0.2, -0.15) is 23.5 Å². The largest absolute Gasteiger partial charge is 0.419 e. The maximum Gasteiger partial charge on any atom is 0.419 e. The van der Waals surface area contributed by atoms with Gasteiger partial charge < -0.3 is 0 Å². The Kier molecular flexibility index (Phi) is 8.88. The normalized spacial score (nSPS) is 9.12. The molecule has 0 amide bonds. The van der Waals surface area contributed by atoms with Crippen molar-refractivity contribution in [3.05, 3.63) is 23.0 Å². The van der Waals surface area contributed by atoms with E-state index in [0.29, 0.717) is 0 Å². The monoisotopic (exact) mass is 247 g/mol. The van der Waals surface area contributed by atoms with Crippen molar-refractivity contribution >= 4 is 0 Å². The van der Waals surface area contributed by atoms with Gasteiger partial charge in [0.25, 0.3) is 0 Å². The van der Waals surface area contributed by atoms with E-state index in [4.69, 9.17) is 5.26 Å². The van der Waals surface area contributed by atoms with Gasteiger partial charge in [0.2, 0.25) is 0 Å². The highest BCUT2D eigenvalue weighted by molar-refractivity contribution is 5.32. The first-order valence-corrected chi connectivity index (χ1v) is 5.27. The van der Waals surface area contributed by atoms with E-state index in [1.165, 1.54) is 13.0 Å². The van der Waals surface area contributed by atoms with Gasteiger partial charge in [-0.1, -0.05) is 27.7 Å². The molecule has 0 spiro atoms. The molecule has 0 atom stereocenters. The number of nitriles is 1. The highest BCUT2D eigenvalue weighted by Gasteiger charge is 2.34. The van der Waals surface area contributed by atoms with Crippen molar-refractivity contribution in [2.45, 2.75) is 40.8 Å². The SMILES string of the molecule is CC.CC.Cc1cc(C(F)(F)F)c(C#N)nn1. The predicted octanol–water partition coefficient (Wildman–Crippen LogP) is 3.73. The number of hydrogen-bond acceptors (Lipinski definition) is 3. The van der Waals surface area contributed by atoms with E-state index >= 15 is 0 Å². The molecule has 1 rings (SSSR count). The molecule has 0 radical (unpaired) electrons. The Hall–Kier alpha value is -1.64. The summed E-state index contributed by atoms with van der Waals surface area (Å²) >= 11 is 0. The third-order valence-electron chi connectivity index (χ3n) is 1.33. The van der Waals surface area contributed by atoms with Gasteiger partial charge in [0.15, 0.2) is 5.69 Å². The van der Waals surface area contributed by atoms with Crippen LogP contribution in [0.5, 0.6) is 0 Å². The van der Waals surface area contributed by atoms with E-state index in [1.54, 1.807) is 0 Å². The smallest absolute Gasteiger partial charge is 0.191 e. The molecule has 0 saturated carbocycles. The zero-order chi connectivity index (χ0) is 14.1. The van der Waals surface area contributed by atoms with Crippen LogP contribution in [0.2, 0.25) is 0 Å². The van der Waals surface area contributed by atoms with Crippen molar-refractivity contribution < 1.29 is 13.2 Å². The van der Waals surface area contributed by atoms with Crippen LogP contribution >= 0.6 is 0 Å². The molecule has 0 fully saturated rings. The van der Waals surface area contributed by atoms with E-state index in [0.717, 1.165) is 6.07 Å². The van der Waals surface area contributed by atoms with Crippen LogP contribution in [0.15, 0.2) is 6.07 Å². The summed E-state index contributed by atoms with van der Waals surface area (Å²) in [6.07, 6.45) is -4.55. The van der Waals surface area contributed by atoms with E-state index in [1.807, 2.05) is 27.7 Å². The first-order valence-electron chi connectivity index (χ1n) is 5.27. The average molecular weight is 247 g/mol. The fraction of sp³-hybridized carbons (Fsp3) is 0.545. The van der Waals surface area contributed by atoms with Gasteiger partial charge in [0.05, 0.1) is 11.3 Å². The highest BCUT2D eigenvalue weighted by atomic mass is 19.4. The second-order valence-electron chi connectivity index (χ2n) is 2.36. The maximum atomic E-state index is 12.2. The molecule has 0 unspecified atom stereocenters. The summed E-state index contributed by atoms with van der Waals surface area (Å²) in [4.78, 5) is 0. The van der Waals surface area contributed by atoms with E-state index in [-0.39, 0.29) is 5.69 Å². The summed E-state index contributed by atoms with van der Waals surface area (Å²) in [6.45, 7) is 9.38. The zero-order valence-corrected chi connectivity index (χ0v) is 10.6. The van der Waals surface area contributed by atoms with Gasteiger partial charge in [-0.15, -0.1) is 5.10 Å². The summed E-state index contributed by atoms with van der Waals surface area (Å²) in [5.41, 5.74) is -1.60. The second kappa shape index (κ2) is 8.50. The molecule has 3 nitrogen and oxygen atoms in total. The number of hydrogen-bond donors (Lipinski definition) is 0. The Balaban J connectivity index is 0. The lowest BCUT2D eigenvalue weighted by Gasteiger charge is -2.06. The lowest BCUT2D eigenvalue weighted by molar-refractivity contribution is -0.138. The van der Waals surface area contributed by atoms with Crippen molar-refractivity contribution in [3.63, 3.8) is 0 Å². The molecule has 17 heavy (non-hydrogen) atoms. The molecule has 1 heterocycles. The van der Waals surface area contributed by atoms with Crippen LogP contribution in [0.4, 0.5) is 13.2 Å². The Bertz CT molecular complexity index is 367. The van der Waals surface area contributed by atoms with E-state index < -0.39 is 17.4 Å². The average Bonchev–Trinajstić information content (AvgIpc) is 2.33. The maximum absolute atomic E-state index is 12.2. The van der Waals surface area contributed by atoms with Crippen LogP contribution in [0, 0.1) is 18.3 Å². The van der Waals surface area contributed by atoms with Gasteiger partial charge >= 0.3 is 6.18 Å². The number of alkyl halides is 3. The standard InChI is InChI=1S/C7H4F3N3.2C2H6/c1-4-2-5(7(8,9)10)6(3-11)13-12-4;2*1-2/h2H,1H3;2*1-2H3. The number of halogens is 3. The predicted molar refractivity (Wildman–Crippen MR) is 59.2 cm³/mol.